The molecule has 3 rings (SSSR count). The molecule has 4 nitrogen and oxygen atoms in total. The summed E-state index contributed by atoms with van der Waals surface area (Å²) in [5.41, 5.74) is 9.98. The van der Waals surface area contributed by atoms with E-state index in [4.69, 9.17) is 10.5 Å². The van der Waals surface area contributed by atoms with Crippen molar-refractivity contribution >= 4 is 5.69 Å². The molecule has 0 spiro atoms. The summed E-state index contributed by atoms with van der Waals surface area (Å²) in [5.74, 6) is 0.681. The molecular formula is C20H20N2O2. The Hall–Kier alpha value is -3.01. The van der Waals surface area contributed by atoms with Gasteiger partial charge in [0.2, 0.25) is 0 Å². The maximum atomic E-state index is 10.1. The standard InChI is InChI=1S/C20H20N2O2/c1-24-20-6-5-16(13-19(20)23)18(11-14-7-9-22-10-8-14)15-3-2-4-17(21)12-15/h2-10,12-13,18,23H,11,21H2,1H3/t18-/m1/s1. The van der Waals surface area contributed by atoms with Crippen molar-refractivity contribution in [3.63, 3.8) is 0 Å². The third-order valence-electron chi connectivity index (χ3n) is 4.11. The SMILES string of the molecule is COc1ccc([C@H](Cc2ccncc2)c2cccc(N)c2)cc1O. The van der Waals surface area contributed by atoms with Gasteiger partial charge in [-0.15, -0.1) is 0 Å². The largest absolute Gasteiger partial charge is 0.504 e. The van der Waals surface area contributed by atoms with Crippen molar-refractivity contribution in [1.82, 2.24) is 4.98 Å². The molecule has 0 aliphatic rings. The first-order valence-corrected chi connectivity index (χ1v) is 7.78. The van der Waals surface area contributed by atoms with Gasteiger partial charge in [0.1, 0.15) is 0 Å². The van der Waals surface area contributed by atoms with Crippen LogP contribution in [0, 0.1) is 0 Å². The average Bonchev–Trinajstić information content (AvgIpc) is 2.60. The first kappa shape index (κ1) is 15.9. The fraction of sp³-hybridized carbons (Fsp3) is 0.150. The normalized spacial score (nSPS) is 11.9. The topological polar surface area (TPSA) is 68.4 Å². The number of nitrogen functional groups attached to an aromatic ring is 1. The molecule has 4 heteroatoms. The molecule has 0 amide bonds. The van der Waals surface area contributed by atoms with Gasteiger partial charge in [-0.05, 0) is 59.5 Å². The Labute approximate surface area is 141 Å². The van der Waals surface area contributed by atoms with Crippen molar-refractivity contribution in [2.75, 3.05) is 12.8 Å². The zero-order chi connectivity index (χ0) is 16.9. The second-order valence-corrected chi connectivity index (χ2v) is 5.71. The van der Waals surface area contributed by atoms with Crippen LogP contribution in [-0.4, -0.2) is 17.2 Å². The first-order valence-electron chi connectivity index (χ1n) is 7.78. The van der Waals surface area contributed by atoms with E-state index in [0.29, 0.717) is 5.75 Å². The number of ether oxygens (including phenoxy) is 1. The zero-order valence-corrected chi connectivity index (χ0v) is 13.5. The lowest BCUT2D eigenvalue weighted by Gasteiger charge is -2.19. The number of pyridine rings is 1. The van der Waals surface area contributed by atoms with Crippen LogP contribution >= 0.6 is 0 Å². The number of nitrogens with zero attached hydrogens (tertiary/aromatic N) is 1. The summed E-state index contributed by atoms with van der Waals surface area (Å²) in [6.45, 7) is 0. The molecule has 3 N–H and O–H groups in total. The Kier molecular flexibility index (Phi) is 4.66. The van der Waals surface area contributed by atoms with Crippen LogP contribution in [0.3, 0.4) is 0 Å². The van der Waals surface area contributed by atoms with E-state index in [-0.39, 0.29) is 11.7 Å². The van der Waals surface area contributed by atoms with E-state index in [9.17, 15) is 5.11 Å². The van der Waals surface area contributed by atoms with Crippen LogP contribution in [0.5, 0.6) is 11.5 Å². The van der Waals surface area contributed by atoms with Gasteiger partial charge >= 0.3 is 0 Å². The molecule has 24 heavy (non-hydrogen) atoms. The minimum absolute atomic E-state index is 0.0766. The Balaban J connectivity index is 2.03. The molecule has 1 atom stereocenters. The third-order valence-corrected chi connectivity index (χ3v) is 4.11. The van der Waals surface area contributed by atoms with Crippen LogP contribution in [0.2, 0.25) is 0 Å². The number of methoxy groups -OCH3 is 1. The lowest BCUT2D eigenvalue weighted by Crippen LogP contribution is -2.06. The van der Waals surface area contributed by atoms with Crippen molar-refractivity contribution in [3.8, 4) is 11.5 Å². The van der Waals surface area contributed by atoms with Gasteiger partial charge < -0.3 is 15.6 Å². The van der Waals surface area contributed by atoms with Crippen LogP contribution in [-0.2, 0) is 6.42 Å². The average molecular weight is 320 g/mol. The maximum absolute atomic E-state index is 10.1. The fourth-order valence-corrected chi connectivity index (χ4v) is 2.88. The molecule has 0 saturated heterocycles. The molecule has 0 bridgehead atoms. The molecule has 0 unspecified atom stereocenters. The molecule has 0 radical (unpaired) electrons. The van der Waals surface area contributed by atoms with Gasteiger partial charge in [0.25, 0.3) is 0 Å². The van der Waals surface area contributed by atoms with Gasteiger partial charge in [0, 0.05) is 24.0 Å². The van der Waals surface area contributed by atoms with Crippen LogP contribution in [0.1, 0.15) is 22.6 Å². The smallest absolute Gasteiger partial charge is 0.160 e. The maximum Gasteiger partial charge on any atom is 0.160 e. The number of benzene rings is 2. The predicted molar refractivity (Wildman–Crippen MR) is 95.3 cm³/mol. The molecular weight excluding hydrogens is 300 g/mol. The monoisotopic (exact) mass is 320 g/mol. The highest BCUT2D eigenvalue weighted by Crippen LogP contribution is 2.35. The summed E-state index contributed by atoms with van der Waals surface area (Å²) >= 11 is 0. The number of aromatic hydroxyl groups is 1. The van der Waals surface area contributed by atoms with Gasteiger partial charge in [0.05, 0.1) is 7.11 Å². The molecule has 0 aliphatic carbocycles. The third kappa shape index (κ3) is 3.49. The number of hydrogen-bond donors (Lipinski definition) is 2. The van der Waals surface area contributed by atoms with Crippen molar-refractivity contribution in [2.24, 2.45) is 0 Å². The van der Waals surface area contributed by atoms with Crippen molar-refractivity contribution < 1.29 is 9.84 Å². The van der Waals surface area contributed by atoms with Crippen molar-refractivity contribution in [1.29, 1.82) is 0 Å². The summed E-state index contributed by atoms with van der Waals surface area (Å²) in [4.78, 5) is 4.07. The van der Waals surface area contributed by atoms with E-state index in [0.717, 1.165) is 23.2 Å². The molecule has 0 saturated carbocycles. The number of phenolic OH excluding ortho intramolecular Hbond substituents is 1. The number of aromatic nitrogens is 1. The number of phenols is 1. The van der Waals surface area contributed by atoms with Crippen molar-refractivity contribution in [2.45, 2.75) is 12.3 Å². The van der Waals surface area contributed by atoms with E-state index in [1.807, 2.05) is 36.4 Å². The number of hydrogen-bond acceptors (Lipinski definition) is 4. The highest BCUT2D eigenvalue weighted by molar-refractivity contribution is 5.49. The van der Waals surface area contributed by atoms with Gasteiger partial charge in [0.15, 0.2) is 11.5 Å². The zero-order valence-electron chi connectivity index (χ0n) is 13.5. The number of nitrogens with two attached hydrogens (primary N) is 1. The van der Waals surface area contributed by atoms with E-state index in [2.05, 4.69) is 11.1 Å². The van der Waals surface area contributed by atoms with Gasteiger partial charge in [-0.2, -0.15) is 0 Å². The number of anilines is 1. The Morgan fingerprint density at radius 2 is 1.79 bits per heavy atom. The molecule has 2 aromatic carbocycles. The first-order chi connectivity index (χ1) is 11.7. The van der Waals surface area contributed by atoms with Crippen LogP contribution in [0.4, 0.5) is 5.69 Å². The molecule has 0 fully saturated rings. The lowest BCUT2D eigenvalue weighted by molar-refractivity contribution is 0.373. The molecule has 1 heterocycles. The van der Waals surface area contributed by atoms with E-state index in [1.165, 1.54) is 5.56 Å². The van der Waals surface area contributed by atoms with Crippen molar-refractivity contribution in [3.05, 3.63) is 83.7 Å². The summed E-state index contributed by atoms with van der Waals surface area (Å²) in [5, 5.41) is 10.1. The highest BCUT2D eigenvalue weighted by atomic mass is 16.5. The van der Waals surface area contributed by atoms with Gasteiger partial charge in [-0.25, -0.2) is 0 Å². The van der Waals surface area contributed by atoms with Crippen LogP contribution in [0.15, 0.2) is 67.0 Å². The van der Waals surface area contributed by atoms with Gasteiger partial charge in [-0.3, -0.25) is 4.98 Å². The fourth-order valence-electron chi connectivity index (χ4n) is 2.88. The highest BCUT2D eigenvalue weighted by Gasteiger charge is 2.17. The summed E-state index contributed by atoms with van der Waals surface area (Å²) in [7, 11) is 1.54. The van der Waals surface area contributed by atoms with Gasteiger partial charge in [-0.1, -0.05) is 18.2 Å². The number of rotatable bonds is 5. The summed E-state index contributed by atoms with van der Waals surface area (Å²) in [6.07, 6.45) is 4.37. The predicted octanol–water partition coefficient (Wildman–Crippen LogP) is 3.75. The Morgan fingerprint density at radius 3 is 2.46 bits per heavy atom. The second-order valence-electron chi connectivity index (χ2n) is 5.71. The minimum Gasteiger partial charge on any atom is -0.504 e. The molecule has 3 aromatic rings. The molecule has 122 valence electrons. The minimum atomic E-state index is 0.0766. The summed E-state index contributed by atoms with van der Waals surface area (Å²) < 4.78 is 5.14. The second kappa shape index (κ2) is 7.04. The lowest BCUT2D eigenvalue weighted by atomic mass is 9.86. The molecule has 1 aromatic heterocycles. The van der Waals surface area contributed by atoms with E-state index in [1.54, 1.807) is 31.6 Å². The Morgan fingerprint density at radius 1 is 1.04 bits per heavy atom. The van der Waals surface area contributed by atoms with E-state index >= 15 is 0 Å². The van der Waals surface area contributed by atoms with Crippen LogP contribution < -0.4 is 10.5 Å². The summed E-state index contributed by atoms with van der Waals surface area (Å²) in [6, 6.07) is 17.4. The van der Waals surface area contributed by atoms with E-state index < -0.39 is 0 Å². The molecule has 0 aliphatic heterocycles. The quantitative estimate of drug-likeness (QED) is 0.703. The Bertz CT molecular complexity index is 819. The van der Waals surface area contributed by atoms with Crippen LogP contribution in [0.25, 0.3) is 0 Å².